The van der Waals surface area contributed by atoms with Crippen molar-refractivity contribution in [2.24, 2.45) is 0 Å². The maximum Gasteiger partial charge on any atom is 1.00 e. The first-order chi connectivity index (χ1) is 5.99. The summed E-state index contributed by atoms with van der Waals surface area (Å²) in [6, 6.07) is 5.79. The molecule has 0 atom stereocenters. The van der Waals surface area contributed by atoms with Crippen LogP contribution in [0.2, 0.25) is 0 Å². The number of phenolic OH excluding ortho intramolecular Hbond substituents is 1. The van der Waals surface area contributed by atoms with Crippen molar-refractivity contribution < 1.29 is 52.4 Å². The Morgan fingerprint density at radius 2 is 1.93 bits per heavy atom. The summed E-state index contributed by atoms with van der Waals surface area (Å²) in [4.78, 5) is 0. The van der Waals surface area contributed by atoms with Gasteiger partial charge in [-0.05, 0) is 12.1 Å². The Bertz CT molecular complexity index is 389. The second-order valence-electron chi connectivity index (χ2n) is 2.29. The molecule has 0 amide bonds. The number of aromatic hydroxyl groups is 1. The molecule has 0 aliphatic heterocycles. The van der Waals surface area contributed by atoms with Crippen LogP contribution in [0.15, 0.2) is 24.3 Å². The molecule has 1 N–H and O–H groups in total. The van der Waals surface area contributed by atoms with Crippen LogP contribution in [-0.4, -0.2) is 24.0 Å². The van der Waals surface area contributed by atoms with Gasteiger partial charge in [-0.1, -0.05) is 12.1 Å². The minimum atomic E-state index is -4.42. The van der Waals surface area contributed by atoms with Crippen LogP contribution < -0.4 is 34.3 Å². The van der Waals surface area contributed by atoms with Crippen LogP contribution in [-0.2, 0) is 10.1 Å². The van der Waals surface area contributed by atoms with E-state index in [2.05, 4.69) is 4.74 Å². The van der Waals surface area contributed by atoms with Crippen LogP contribution in [0.1, 0.15) is 0 Å². The van der Waals surface area contributed by atoms with Gasteiger partial charge in [0, 0.05) is 0 Å². The van der Waals surface area contributed by atoms with E-state index in [4.69, 9.17) is 5.11 Å². The SMILES string of the molecule is O=S(=O)([O-])COc1ccccc1O.[Na+]. The van der Waals surface area contributed by atoms with E-state index in [1.54, 1.807) is 12.1 Å². The monoisotopic (exact) mass is 226 g/mol. The van der Waals surface area contributed by atoms with Crippen molar-refractivity contribution >= 4 is 10.1 Å². The largest absolute Gasteiger partial charge is 1.00 e. The van der Waals surface area contributed by atoms with E-state index in [9.17, 15) is 13.0 Å². The average Bonchev–Trinajstić information content (AvgIpc) is 2.01. The van der Waals surface area contributed by atoms with Crippen LogP contribution >= 0.6 is 0 Å². The standard InChI is InChI=1S/C7H8O5S.Na/c8-6-3-1-2-4-7(6)12-5-13(9,10)11;/h1-4,8H,5H2,(H,9,10,11);/q;+1/p-1. The molecule has 1 aromatic rings. The van der Waals surface area contributed by atoms with Crippen molar-refractivity contribution in [1.82, 2.24) is 0 Å². The normalized spacial score (nSPS) is 10.4. The first-order valence-corrected chi connectivity index (χ1v) is 4.91. The molecular formula is C7H7NaO5S. The fourth-order valence-corrected chi connectivity index (χ4v) is 0.986. The number of hydrogen-bond donors (Lipinski definition) is 1. The molecule has 1 aromatic carbocycles. The number of phenols is 1. The Hall–Kier alpha value is -0.270. The third-order valence-electron chi connectivity index (χ3n) is 1.22. The summed E-state index contributed by atoms with van der Waals surface area (Å²) in [7, 11) is -4.42. The number of ether oxygens (including phenoxy) is 1. The van der Waals surface area contributed by atoms with E-state index >= 15 is 0 Å². The molecule has 0 saturated heterocycles. The van der Waals surface area contributed by atoms with E-state index in [-0.39, 0.29) is 41.1 Å². The molecule has 0 fully saturated rings. The van der Waals surface area contributed by atoms with Gasteiger partial charge in [0.15, 0.2) is 17.4 Å². The molecule has 0 spiro atoms. The Morgan fingerprint density at radius 1 is 1.36 bits per heavy atom. The van der Waals surface area contributed by atoms with Gasteiger partial charge in [-0.15, -0.1) is 0 Å². The van der Waals surface area contributed by atoms with Crippen molar-refractivity contribution in [3.63, 3.8) is 0 Å². The van der Waals surface area contributed by atoms with Gasteiger partial charge in [0.05, 0.1) is 0 Å². The van der Waals surface area contributed by atoms with Gasteiger partial charge in [0.25, 0.3) is 0 Å². The average molecular weight is 226 g/mol. The molecule has 0 saturated carbocycles. The summed E-state index contributed by atoms with van der Waals surface area (Å²) in [6.45, 7) is 0. The topological polar surface area (TPSA) is 86.7 Å². The van der Waals surface area contributed by atoms with E-state index in [0.29, 0.717) is 0 Å². The van der Waals surface area contributed by atoms with Crippen molar-refractivity contribution in [3.05, 3.63) is 24.3 Å². The molecule has 14 heavy (non-hydrogen) atoms. The van der Waals surface area contributed by atoms with E-state index in [0.717, 1.165) is 0 Å². The summed E-state index contributed by atoms with van der Waals surface area (Å²) < 4.78 is 35.0. The summed E-state index contributed by atoms with van der Waals surface area (Å²) >= 11 is 0. The summed E-state index contributed by atoms with van der Waals surface area (Å²) in [5, 5.41) is 9.09. The van der Waals surface area contributed by atoms with Gasteiger partial charge < -0.3 is 14.4 Å². The summed E-state index contributed by atoms with van der Waals surface area (Å²) in [5.74, 6) is -1.21. The summed E-state index contributed by atoms with van der Waals surface area (Å²) in [5.41, 5.74) is 0. The van der Waals surface area contributed by atoms with Gasteiger partial charge in [0.2, 0.25) is 0 Å². The zero-order valence-electron chi connectivity index (χ0n) is 7.50. The maximum atomic E-state index is 10.2. The van der Waals surface area contributed by atoms with Crippen LogP contribution in [0.5, 0.6) is 11.5 Å². The molecule has 0 heterocycles. The van der Waals surface area contributed by atoms with E-state index in [1.807, 2.05) is 0 Å². The molecular weight excluding hydrogens is 219 g/mol. The zero-order valence-corrected chi connectivity index (χ0v) is 10.3. The Labute approximate surface area is 104 Å². The van der Waals surface area contributed by atoms with Crippen molar-refractivity contribution in [2.45, 2.75) is 0 Å². The van der Waals surface area contributed by atoms with Gasteiger partial charge in [-0.25, -0.2) is 8.42 Å². The van der Waals surface area contributed by atoms with Crippen LogP contribution in [0.25, 0.3) is 0 Å². The van der Waals surface area contributed by atoms with Gasteiger partial charge >= 0.3 is 29.6 Å². The Kier molecular flexibility index (Phi) is 5.46. The Morgan fingerprint density at radius 3 is 2.43 bits per heavy atom. The fraction of sp³-hybridized carbons (Fsp3) is 0.143. The predicted octanol–water partition coefficient (Wildman–Crippen LogP) is -2.72. The molecule has 1 rings (SSSR count). The van der Waals surface area contributed by atoms with Crippen molar-refractivity contribution in [1.29, 1.82) is 0 Å². The molecule has 0 aliphatic rings. The molecule has 5 nitrogen and oxygen atoms in total. The molecule has 7 heteroatoms. The second kappa shape index (κ2) is 5.57. The third kappa shape index (κ3) is 4.83. The predicted molar refractivity (Wildman–Crippen MR) is 43.3 cm³/mol. The van der Waals surface area contributed by atoms with Crippen molar-refractivity contribution in [2.75, 3.05) is 5.94 Å². The zero-order chi connectivity index (χ0) is 9.90. The van der Waals surface area contributed by atoms with Crippen LogP contribution in [0.4, 0.5) is 0 Å². The fourth-order valence-electron chi connectivity index (χ4n) is 0.715. The number of benzene rings is 1. The molecule has 0 radical (unpaired) electrons. The molecule has 0 bridgehead atoms. The third-order valence-corrected chi connectivity index (χ3v) is 1.63. The van der Waals surface area contributed by atoms with Crippen molar-refractivity contribution in [3.8, 4) is 11.5 Å². The molecule has 0 aromatic heterocycles. The minimum Gasteiger partial charge on any atom is -0.745 e. The van der Waals surface area contributed by atoms with Crippen LogP contribution in [0, 0.1) is 0 Å². The summed E-state index contributed by atoms with van der Waals surface area (Å²) in [6.07, 6.45) is 0. The van der Waals surface area contributed by atoms with Gasteiger partial charge in [-0.3, -0.25) is 0 Å². The van der Waals surface area contributed by atoms with E-state index < -0.39 is 16.1 Å². The number of para-hydroxylation sites is 2. The molecule has 72 valence electrons. The molecule has 0 aliphatic carbocycles. The van der Waals surface area contributed by atoms with Gasteiger partial charge in [-0.2, -0.15) is 0 Å². The Balaban J connectivity index is 0.00000169. The van der Waals surface area contributed by atoms with E-state index in [1.165, 1.54) is 12.1 Å². The first-order valence-electron chi connectivity index (χ1n) is 3.33. The number of hydrogen-bond acceptors (Lipinski definition) is 5. The smallest absolute Gasteiger partial charge is 0.745 e. The maximum absolute atomic E-state index is 10.2. The molecule has 0 unspecified atom stereocenters. The number of rotatable bonds is 3. The minimum absolute atomic E-state index is 0. The van der Waals surface area contributed by atoms with Crippen LogP contribution in [0.3, 0.4) is 0 Å². The van der Waals surface area contributed by atoms with Gasteiger partial charge in [0.1, 0.15) is 10.1 Å². The quantitative estimate of drug-likeness (QED) is 0.447. The second-order valence-corrected chi connectivity index (χ2v) is 3.64. The first kappa shape index (κ1) is 13.7.